The van der Waals surface area contributed by atoms with Crippen LogP contribution in [-0.2, 0) is 0 Å². The van der Waals surface area contributed by atoms with Gasteiger partial charge in [-0.15, -0.1) is 6.58 Å². The van der Waals surface area contributed by atoms with Gasteiger partial charge < -0.3 is 9.84 Å². The molecule has 21 heavy (non-hydrogen) atoms. The monoisotopic (exact) mass is 284 g/mol. The third kappa shape index (κ3) is 4.09. The molecule has 0 aromatic heterocycles. The van der Waals surface area contributed by atoms with E-state index in [1.807, 2.05) is 36.4 Å². The lowest BCUT2D eigenvalue weighted by Crippen LogP contribution is -2.04. The zero-order valence-electron chi connectivity index (χ0n) is 12.0. The summed E-state index contributed by atoms with van der Waals surface area (Å²) in [5.74, 6) is -0.507. The van der Waals surface area contributed by atoms with Crippen molar-refractivity contribution in [3.63, 3.8) is 0 Å². The summed E-state index contributed by atoms with van der Waals surface area (Å²) in [6.45, 7) is 4.23. The lowest BCUT2D eigenvalue weighted by molar-refractivity contribution is 0.0692. The molecule has 3 heteroatoms. The van der Waals surface area contributed by atoms with Gasteiger partial charge in [0.15, 0.2) is 0 Å². The zero-order valence-corrected chi connectivity index (χ0v) is 12.0. The van der Waals surface area contributed by atoms with Crippen molar-refractivity contribution in [3.05, 3.63) is 54.6 Å². The van der Waals surface area contributed by atoms with Gasteiger partial charge in [0.1, 0.15) is 11.3 Å². The first-order chi connectivity index (χ1) is 10.2. The number of rotatable bonds is 8. The highest BCUT2D eigenvalue weighted by molar-refractivity contribution is 5.97. The molecule has 0 saturated carbocycles. The van der Waals surface area contributed by atoms with Gasteiger partial charge in [0.25, 0.3) is 0 Å². The van der Waals surface area contributed by atoms with Crippen LogP contribution in [0.25, 0.3) is 10.8 Å². The largest absolute Gasteiger partial charge is 0.493 e. The Morgan fingerprint density at radius 2 is 1.86 bits per heavy atom. The van der Waals surface area contributed by atoms with Crippen LogP contribution in [0.4, 0.5) is 0 Å². The second-order valence-electron chi connectivity index (χ2n) is 4.99. The third-order valence-electron chi connectivity index (χ3n) is 3.39. The van der Waals surface area contributed by atoms with Gasteiger partial charge in [-0.3, -0.25) is 0 Å². The van der Waals surface area contributed by atoms with Crippen molar-refractivity contribution in [2.24, 2.45) is 0 Å². The zero-order chi connectivity index (χ0) is 15.1. The van der Waals surface area contributed by atoms with Crippen molar-refractivity contribution in [3.8, 4) is 5.75 Å². The molecular formula is C18H20O3. The van der Waals surface area contributed by atoms with Crippen LogP contribution in [0.3, 0.4) is 0 Å². The van der Waals surface area contributed by atoms with E-state index in [-0.39, 0.29) is 5.56 Å². The fourth-order valence-electron chi connectivity index (χ4n) is 2.26. The Hall–Kier alpha value is -2.29. The average molecular weight is 284 g/mol. The first-order valence-electron chi connectivity index (χ1n) is 7.22. The number of hydrogen-bond acceptors (Lipinski definition) is 2. The van der Waals surface area contributed by atoms with E-state index < -0.39 is 5.97 Å². The first kappa shape index (κ1) is 15.1. The van der Waals surface area contributed by atoms with Crippen LogP contribution in [0.1, 0.15) is 36.0 Å². The number of hydrogen-bond donors (Lipinski definition) is 1. The molecule has 2 aromatic rings. The van der Waals surface area contributed by atoms with Gasteiger partial charge in [0, 0.05) is 0 Å². The highest BCUT2D eigenvalue weighted by Crippen LogP contribution is 2.26. The van der Waals surface area contributed by atoms with E-state index in [1.54, 1.807) is 6.07 Å². The summed E-state index contributed by atoms with van der Waals surface area (Å²) in [6, 6.07) is 11.2. The van der Waals surface area contributed by atoms with Crippen molar-refractivity contribution in [1.82, 2.24) is 0 Å². The number of unbranched alkanes of at least 4 members (excludes halogenated alkanes) is 3. The van der Waals surface area contributed by atoms with Gasteiger partial charge in [-0.2, -0.15) is 0 Å². The summed E-state index contributed by atoms with van der Waals surface area (Å²) in [4.78, 5) is 11.3. The Morgan fingerprint density at radius 3 is 2.52 bits per heavy atom. The minimum atomic E-state index is -0.956. The molecule has 1 N–H and O–H groups in total. The summed E-state index contributed by atoms with van der Waals surface area (Å²) < 4.78 is 5.68. The fraction of sp³-hybridized carbons (Fsp3) is 0.278. The minimum absolute atomic E-state index is 0.222. The first-order valence-corrected chi connectivity index (χ1v) is 7.22. The molecule has 0 bridgehead atoms. The molecule has 0 aliphatic rings. The molecule has 2 aromatic carbocycles. The van der Waals surface area contributed by atoms with E-state index in [0.29, 0.717) is 12.4 Å². The highest BCUT2D eigenvalue weighted by Gasteiger charge is 2.12. The molecule has 110 valence electrons. The molecule has 0 radical (unpaired) electrons. The molecule has 0 unspecified atom stereocenters. The van der Waals surface area contributed by atoms with Crippen molar-refractivity contribution < 1.29 is 14.6 Å². The molecule has 0 fully saturated rings. The third-order valence-corrected chi connectivity index (χ3v) is 3.39. The maximum absolute atomic E-state index is 11.3. The maximum atomic E-state index is 11.3. The van der Waals surface area contributed by atoms with E-state index in [9.17, 15) is 9.90 Å². The molecule has 3 nitrogen and oxygen atoms in total. The van der Waals surface area contributed by atoms with Crippen molar-refractivity contribution >= 4 is 16.7 Å². The molecule has 0 heterocycles. The van der Waals surface area contributed by atoms with E-state index in [4.69, 9.17) is 4.74 Å². The van der Waals surface area contributed by atoms with Crippen molar-refractivity contribution in [2.75, 3.05) is 6.61 Å². The highest BCUT2D eigenvalue weighted by atomic mass is 16.5. The number of allylic oxidation sites excluding steroid dienone is 1. The van der Waals surface area contributed by atoms with Crippen LogP contribution in [0.5, 0.6) is 5.75 Å². The normalized spacial score (nSPS) is 10.5. The van der Waals surface area contributed by atoms with E-state index >= 15 is 0 Å². The Bertz CT molecular complexity index is 631. The van der Waals surface area contributed by atoms with Gasteiger partial charge >= 0.3 is 5.97 Å². The number of carbonyl (C=O) groups is 1. The van der Waals surface area contributed by atoms with Gasteiger partial charge in [0.2, 0.25) is 0 Å². The van der Waals surface area contributed by atoms with Gasteiger partial charge in [-0.05, 0) is 48.6 Å². The maximum Gasteiger partial charge on any atom is 0.339 e. The quantitative estimate of drug-likeness (QED) is 0.566. The molecule has 2 rings (SSSR count). The Kier molecular flexibility index (Phi) is 5.38. The van der Waals surface area contributed by atoms with E-state index in [1.165, 1.54) is 0 Å². The van der Waals surface area contributed by atoms with Crippen molar-refractivity contribution in [1.29, 1.82) is 0 Å². The number of aromatic carboxylic acids is 1. The molecule has 0 atom stereocenters. The van der Waals surface area contributed by atoms with Crippen LogP contribution < -0.4 is 4.74 Å². The summed E-state index contributed by atoms with van der Waals surface area (Å²) in [5, 5.41) is 11.2. The average Bonchev–Trinajstić information content (AvgIpc) is 2.49. The number of fused-ring (bicyclic) bond motifs is 1. The van der Waals surface area contributed by atoms with Crippen molar-refractivity contribution in [2.45, 2.75) is 25.7 Å². The van der Waals surface area contributed by atoms with Crippen LogP contribution in [0.2, 0.25) is 0 Å². The molecule has 0 aliphatic carbocycles. The second kappa shape index (κ2) is 7.48. The molecule has 0 saturated heterocycles. The molecule has 0 spiro atoms. The topological polar surface area (TPSA) is 46.5 Å². The fourth-order valence-corrected chi connectivity index (χ4v) is 2.26. The Labute approximate surface area is 124 Å². The summed E-state index contributed by atoms with van der Waals surface area (Å²) >= 11 is 0. The van der Waals surface area contributed by atoms with Crippen LogP contribution >= 0.6 is 0 Å². The van der Waals surface area contributed by atoms with Crippen LogP contribution in [0, 0.1) is 0 Å². The Morgan fingerprint density at radius 1 is 1.14 bits per heavy atom. The molecule has 0 aliphatic heterocycles. The van der Waals surface area contributed by atoms with Crippen LogP contribution in [0.15, 0.2) is 49.1 Å². The lowest BCUT2D eigenvalue weighted by Gasteiger charge is -2.10. The predicted molar refractivity (Wildman–Crippen MR) is 85.1 cm³/mol. The smallest absolute Gasteiger partial charge is 0.339 e. The number of ether oxygens (including phenoxy) is 1. The standard InChI is InChI=1S/C18H20O3/c1-2-3-4-5-8-11-21-17-13-15-10-7-6-9-14(15)12-16(17)18(19)20/h2,6-7,9-10,12-13H,1,3-5,8,11H2,(H,19,20). The molecular weight excluding hydrogens is 264 g/mol. The summed E-state index contributed by atoms with van der Waals surface area (Å²) in [6.07, 6.45) is 5.99. The summed E-state index contributed by atoms with van der Waals surface area (Å²) in [7, 11) is 0. The summed E-state index contributed by atoms with van der Waals surface area (Å²) in [5.41, 5.74) is 0.222. The van der Waals surface area contributed by atoms with Crippen LogP contribution in [-0.4, -0.2) is 17.7 Å². The number of carboxylic acids is 1. The van der Waals surface area contributed by atoms with Gasteiger partial charge in [-0.25, -0.2) is 4.79 Å². The van der Waals surface area contributed by atoms with Gasteiger partial charge in [0.05, 0.1) is 6.61 Å². The van der Waals surface area contributed by atoms with E-state index in [2.05, 4.69) is 6.58 Å². The number of benzene rings is 2. The van der Waals surface area contributed by atoms with Gasteiger partial charge in [-0.1, -0.05) is 30.3 Å². The SMILES string of the molecule is C=CCCCCCOc1cc2ccccc2cc1C(=O)O. The van der Waals surface area contributed by atoms with E-state index in [0.717, 1.165) is 36.5 Å². The number of carboxylic acid groups (broad SMARTS) is 1. The predicted octanol–water partition coefficient (Wildman–Crippen LogP) is 4.66. The second-order valence-corrected chi connectivity index (χ2v) is 4.99. The minimum Gasteiger partial charge on any atom is -0.493 e. The Balaban J connectivity index is 2.08. The lowest BCUT2D eigenvalue weighted by atomic mass is 10.1. The molecule has 0 amide bonds.